The Labute approximate surface area is 112 Å². The fourth-order valence-corrected chi connectivity index (χ4v) is 3.03. The van der Waals surface area contributed by atoms with E-state index in [1.54, 1.807) is 13.8 Å². The first-order valence-corrected chi connectivity index (χ1v) is 7.32. The Morgan fingerprint density at radius 2 is 2.05 bits per heavy atom. The minimum absolute atomic E-state index is 0.00694. The SMILES string of the molecule is COc1ccc(C(=O)O)c(NS(=O)(=O)CC(C)C)c1. The van der Waals surface area contributed by atoms with Gasteiger partial charge in [0.15, 0.2) is 0 Å². The van der Waals surface area contributed by atoms with E-state index in [0.29, 0.717) is 5.75 Å². The molecule has 0 amide bonds. The predicted octanol–water partition coefficient (Wildman–Crippen LogP) is 1.79. The monoisotopic (exact) mass is 287 g/mol. The molecule has 0 bridgehead atoms. The molecule has 0 radical (unpaired) electrons. The first kappa shape index (κ1) is 15.3. The van der Waals surface area contributed by atoms with Crippen molar-refractivity contribution >= 4 is 21.7 Å². The van der Waals surface area contributed by atoms with Gasteiger partial charge in [0, 0.05) is 6.07 Å². The van der Waals surface area contributed by atoms with Gasteiger partial charge in [0.1, 0.15) is 5.75 Å². The molecule has 1 aromatic carbocycles. The highest BCUT2D eigenvalue weighted by Gasteiger charge is 2.18. The number of aromatic carboxylic acids is 1. The molecule has 0 unspecified atom stereocenters. The standard InChI is InChI=1S/C12H17NO5S/c1-8(2)7-19(16,17)13-11-6-9(18-3)4-5-10(11)12(14)15/h4-6,8,13H,7H2,1-3H3,(H,14,15). The van der Waals surface area contributed by atoms with Crippen molar-refractivity contribution in [3.05, 3.63) is 23.8 Å². The zero-order valence-corrected chi connectivity index (χ0v) is 11.8. The van der Waals surface area contributed by atoms with E-state index in [-0.39, 0.29) is 22.9 Å². The number of carbonyl (C=O) groups is 1. The number of sulfonamides is 1. The molecule has 0 aliphatic heterocycles. The molecule has 0 atom stereocenters. The molecule has 0 saturated heterocycles. The van der Waals surface area contributed by atoms with Gasteiger partial charge in [0.05, 0.1) is 24.1 Å². The Morgan fingerprint density at radius 3 is 2.53 bits per heavy atom. The molecule has 1 rings (SSSR count). The Balaban J connectivity index is 3.14. The van der Waals surface area contributed by atoms with Gasteiger partial charge in [-0.15, -0.1) is 0 Å². The van der Waals surface area contributed by atoms with Crippen molar-refractivity contribution < 1.29 is 23.1 Å². The lowest BCUT2D eigenvalue weighted by molar-refractivity contribution is 0.0698. The maximum absolute atomic E-state index is 11.8. The van der Waals surface area contributed by atoms with E-state index >= 15 is 0 Å². The minimum Gasteiger partial charge on any atom is -0.497 e. The molecule has 106 valence electrons. The molecule has 0 spiro atoms. The smallest absolute Gasteiger partial charge is 0.337 e. The zero-order chi connectivity index (χ0) is 14.6. The van der Waals surface area contributed by atoms with Crippen LogP contribution in [0.3, 0.4) is 0 Å². The topological polar surface area (TPSA) is 92.7 Å². The lowest BCUT2D eigenvalue weighted by atomic mass is 10.2. The predicted molar refractivity (Wildman–Crippen MR) is 72.2 cm³/mol. The quantitative estimate of drug-likeness (QED) is 0.832. The Bertz CT molecular complexity index is 565. The second-order valence-corrected chi connectivity index (χ2v) is 6.26. The summed E-state index contributed by atoms with van der Waals surface area (Å²) in [5, 5.41) is 9.03. The number of carboxylic acid groups (broad SMARTS) is 1. The van der Waals surface area contributed by atoms with E-state index in [9.17, 15) is 13.2 Å². The van der Waals surface area contributed by atoms with Crippen LogP contribution in [0.1, 0.15) is 24.2 Å². The molecule has 0 heterocycles. The molecule has 6 nitrogen and oxygen atoms in total. The van der Waals surface area contributed by atoms with Crippen LogP contribution in [0.25, 0.3) is 0 Å². The number of hydrogen-bond donors (Lipinski definition) is 2. The number of benzene rings is 1. The molecule has 1 aromatic rings. The van der Waals surface area contributed by atoms with E-state index in [1.165, 1.54) is 25.3 Å². The minimum atomic E-state index is -3.58. The van der Waals surface area contributed by atoms with Crippen molar-refractivity contribution in [2.75, 3.05) is 17.6 Å². The second-order valence-electron chi connectivity index (χ2n) is 4.49. The number of rotatable bonds is 6. The highest BCUT2D eigenvalue weighted by atomic mass is 32.2. The van der Waals surface area contributed by atoms with Gasteiger partial charge < -0.3 is 9.84 Å². The van der Waals surface area contributed by atoms with Crippen molar-refractivity contribution in [2.24, 2.45) is 5.92 Å². The second kappa shape index (κ2) is 5.92. The van der Waals surface area contributed by atoms with Crippen LogP contribution in [0.4, 0.5) is 5.69 Å². The summed E-state index contributed by atoms with van der Waals surface area (Å²) in [5.74, 6) is -0.961. The fourth-order valence-electron chi connectivity index (χ4n) is 1.57. The van der Waals surface area contributed by atoms with Crippen LogP contribution in [-0.2, 0) is 10.0 Å². The van der Waals surface area contributed by atoms with Crippen molar-refractivity contribution in [3.8, 4) is 5.75 Å². The summed E-state index contributed by atoms with van der Waals surface area (Å²) in [6.07, 6.45) is 0. The molecule has 0 aliphatic rings. The van der Waals surface area contributed by atoms with Gasteiger partial charge in [-0.05, 0) is 18.1 Å². The summed E-state index contributed by atoms with van der Waals surface area (Å²) in [6, 6.07) is 4.11. The number of nitrogens with one attached hydrogen (secondary N) is 1. The molecule has 19 heavy (non-hydrogen) atoms. The third-order valence-electron chi connectivity index (χ3n) is 2.28. The Morgan fingerprint density at radius 1 is 1.42 bits per heavy atom. The van der Waals surface area contributed by atoms with Crippen LogP contribution < -0.4 is 9.46 Å². The lowest BCUT2D eigenvalue weighted by Gasteiger charge is -2.13. The van der Waals surface area contributed by atoms with Gasteiger partial charge >= 0.3 is 5.97 Å². The molecular formula is C12H17NO5S. The number of ether oxygens (including phenoxy) is 1. The van der Waals surface area contributed by atoms with Crippen LogP contribution in [0.15, 0.2) is 18.2 Å². The summed E-state index contributed by atoms with van der Waals surface area (Å²) in [5.41, 5.74) is -0.111. The van der Waals surface area contributed by atoms with Crippen LogP contribution >= 0.6 is 0 Å². The van der Waals surface area contributed by atoms with Crippen LogP contribution in [0.5, 0.6) is 5.75 Å². The maximum atomic E-state index is 11.8. The first-order chi connectivity index (χ1) is 8.75. The average Bonchev–Trinajstić information content (AvgIpc) is 2.25. The lowest BCUT2D eigenvalue weighted by Crippen LogP contribution is -2.21. The summed E-state index contributed by atoms with van der Waals surface area (Å²) < 4.78 is 30.9. The molecule has 0 aliphatic carbocycles. The molecule has 0 aromatic heterocycles. The van der Waals surface area contributed by atoms with Crippen molar-refractivity contribution in [1.29, 1.82) is 0 Å². The number of carboxylic acids is 1. The summed E-state index contributed by atoms with van der Waals surface area (Å²) >= 11 is 0. The highest BCUT2D eigenvalue weighted by molar-refractivity contribution is 7.92. The van der Waals surface area contributed by atoms with Crippen molar-refractivity contribution in [2.45, 2.75) is 13.8 Å². The van der Waals surface area contributed by atoms with Crippen molar-refractivity contribution in [1.82, 2.24) is 0 Å². The molecular weight excluding hydrogens is 270 g/mol. The fraction of sp³-hybridized carbons (Fsp3) is 0.417. The molecule has 0 fully saturated rings. The Hall–Kier alpha value is -1.76. The van der Waals surface area contributed by atoms with Gasteiger partial charge in [-0.3, -0.25) is 4.72 Å². The average molecular weight is 287 g/mol. The van der Waals surface area contributed by atoms with Crippen molar-refractivity contribution in [3.63, 3.8) is 0 Å². The van der Waals surface area contributed by atoms with Gasteiger partial charge in [-0.1, -0.05) is 13.8 Å². The van der Waals surface area contributed by atoms with E-state index < -0.39 is 16.0 Å². The van der Waals surface area contributed by atoms with E-state index in [1.807, 2.05) is 0 Å². The Kier molecular flexibility index (Phi) is 4.77. The van der Waals surface area contributed by atoms with E-state index in [2.05, 4.69) is 4.72 Å². The number of anilines is 1. The zero-order valence-electron chi connectivity index (χ0n) is 11.0. The van der Waals surface area contributed by atoms with Gasteiger partial charge in [-0.2, -0.15) is 0 Å². The molecule has 7 heteroatoms. The third-order valence-corrected chi connectivity index (χ3v) is 3.91. The highest BCUT2D eigenvalue weighted by Crippen LogP contribution is 2.24. The summed E-state index contributed by atoms with van der Waals surface area (Å²) in [6.45, 7) is 3.53. The molecule has 0 saturated carbocycles. The largest absolute Gasteiger partial charge is 0.497 e. The maximum Gasteiger partial charge on any atom is 0.337 e. The van der Waals surface area contributed by atoms with E-state index in [0.717, 1.165) is 0 Å². The van der Waals surface area contributed by atoms with Crippen LogP contribution in [0, 0.1) is 5.92 Å². The first-order valence-electron chi connectivity index (χ1n) is 5.67. The third kappa shape index (κ3) is 4.44. The van der Waals surface area contributed by atoms with Gasteiger partial charge in [-0.25, -0.2) is 13.2 Å². The van der Waals surface area contributed by atoms with Crippen LogP contribution in [-0.4, -0.2) is 32.4 Å². The van der Waals surface area contributed by atoms with E-state index in [4.69, 9.17) is 9.84 Å². The number of hydrogen-bond acceptors (Lipinski definition) is 4. The number of methoxy groups -OCH3 is 1. The normalized spacial score (nSPS) is 11.4. The molecule has 2 N–H and O–H groups in total. The summed E-state index contributed by atoms with van der Waals surface area (Å²) in [4.78, 5) is 11.1. The van der Waals surface area contributed by atoms with Gasteiger partial charge in [0.2, 0.25) is 10.0 Å². The summed E-state index contributed by atoms with van der Waals surface area (Å²) in [7, 11) is -2.16. The van der Waals surface area contributed by atoms with Crippen LogP contribution in [0.2, 0.25) is 0 Å². The van der Waals surface area contributed by atoms with Gasteiger partial charge in [0.25, 0.3) is 0 Å².